The number of pyridine rings is 3. The molecular weight excluding hydrogens is 359 g/mol. The molecule has 0 saturated heterocycles. The number of nitrogens with zero attached hydrogens (tertiary/aromatic N) is 5. The average Bonchev–Trinajstić information content (AvgIpc) is 3.07. The molecule has 4 heterocycles. The van der Waals surface area contributed by atoms with Crippen molar-refractivity contribution < 1.29 is 9.50 Å². The fourth-order valence-corrected chi connectivity index (χ4v) is 3.02. The van der Waals surface area contributed by atoms with Crippen LogP contribution in [0.25, 0.3) is 22.4 Å². The van der Waals surface area contributed by atoms with Crippen LogP contribution < -0.4 is 5.32 Å². The Morgan fingerprint density at radius 3 is 2.82 bits per heavy atom. The van der Waals surface area contributed by atoms with Crippen molar-refractivity contribution in [2.75, 3.05) is 5.32 Å². The molecule has 1 atom stereocenters. The van der Waals surface area contributed by atoms with Crippen LogP contribution in [0.1, 0.15) is 12.6 Å². The molecule has 0 saturated carbocycles. The van der Waals surface area contributed by atoms with Gasteiger partial charge in [-0.15, -0.1) is 0 Å². The van der Waals surface area contributed by atoms with Crippen LogP contribution in [-0.2, 0) is 6.54 Å². The van der Waals surface area contributed by atoms with E-state index in [1.165, 1.54) is 6.07 Å². The molecule has 28 heavy (non-hydrogen) atoms. The van der Waals surface area contributed by atoms with Gasteiger partial charge in [0.05, 0.1) is 30.2 Å². The maximum Gasteiger partial charge on any atom is 0.151 e. The van der Waals surface area contributed by atoms with Gasteiger partial charge in [0.1, 0.15) is 16.7 Å². The maximum absolute atomic E-state index is 14.2. The number of hydrogen-bond donors (Lipinski definition) is 2. The third-order valence-corrected chi connectivity index (χ3v) is 4.23. The summed E-state index contributed by atoms with van der Waals surface area (Å²) in [6, 6.07) is 8.37. The summed E-state index contributed by atoms with van der Waals surface area (Å²) >= 11 is 0. The van der Waals surface area contributed by atoms with Crippen LogP contribution in [-0.4, -0.2) is 35.9 Å². The summed E-state index contributed by atoms with van der Waals surface area (Å²) < 4.78 is 15.9. The molecule has 7 nitrogen and oxygen atoms in total. The number of aliphatic hydroxyl groups is 1. The van der Waals surface area contributed by atoms with Gasteiger partial charge in [0, 0.05) is 23.8 Å². The molecule has 0 aliphatic rings. The average molecular weight is 378 g/mol. The Bertz CT molecular complexity index is 1140. The first-order valence-corrected chi connectivity index (χ1v) is 8.86. The number of halogens is 1. The monoisotopic (exact) mass is 378 g/mol. The Kier molecular flexibility index (Phi) is 4.70. The van der Waals surface area contributed by atoms with E-state index in [0.717, 1.165) is 22.6 Å². The molecule has 4 aromatic heterocycles. The molecule has 0 fully saturated rings. The molecule has 0 aliphatic heterocycles. The number of aliphatic hydroxyl groups excluding tert-OH is 1. The van der Waals surface area contributed by atoms with Crippen molar-refractivity contribution in [3.05, 3.63) is 60.4 Å². The van der Waals surface area contributed by atoms with Gasteiger partial charge in [-0.25, -0.2) is 9.37 Å². The minimum absolute atomic E-state index is 0.211. The fraction of sp³-hybridized carbons (Fsp3) is 0.200. The van der Waals surface area contributed by atoms with Crippen molar-refractivity contribution in [1.82, 2.24) is 24.7 Å². The number of rotatable bonds is 5. The molecule has 0 aliphatic carbocycles. The van der Waals surface area contributed by atoms with Gasteiger partial charge in [0.25, 0.3) is 0 Å². The second kappa shape index (κ2) is 7.32. The van der Waals surface area contributed by atoms with Crippen LogP contribution in [0.2, 0.25) is 0 Å². The molecule has 0 amide bonds. The van der Waals surface area contributed by atoms with E-state index in [9.17, 15) is 9.50 Å². The lowest BCUT2D eigenvalue weighted by atomic mass is 10.2. The summed E-state index contributed by atoms with van der Waals surface area (Å²) in [5.41, 5.74) is 4.36. The summed E-state index contributed by atoms with van der Waals surface area (Å²) in [6.45, 7) is 3.86. The highest BCUT2D eigenvalue weighted by molar-refractivity contribution is 5.89. The smallest absolute Gasteiger partial charge is 0.151 e. The fourth-order valence-electron chi connectivity index (χ4n) is 3.02. The predicted molar refractivity (Wildman–Crippen MR) is 105 cm³/mol. The Morgan fingerprint density at radius 1 is 1.18 bits per heavy atom. The third-order valence-electron chi connectivity index (χ3n) is 4.23. The van der Waals surface area contributed by atoms with Gasteiger partial charge in [-0.1, -0.05) is 0 Å². The van der Waals surface area contributed by atoms with E-state index in [2.05, 4.69) is 25.4 Å². The number of aryl methyl sites for hydroxylation is 1. The number of aromatic nitrogens is 5. The van der Waals surface area contributed by atoms with Crippen LogP contribution in [0.4, 0.5) is 15.8 Å². The lowest BCUT2D eigenvalue weighted by Crippen LogP contribution is -2.13. The second-order valence-corrected chi connectivity index (χ2v) is 6.61. The van der Waals surface area contributed by atoms with Crippen molar-refractivity contribution in [3.63, 3.8) is 0 Å². The van der Waals surface area contributed by atoms with Crippen molar-refractivity contribution in [1.29, 1.82) is 0 Å². The molecule has 4 rings (SSSR count). The normalized spacial score (nSPS) is 12.3. The van der Waals surface area contributed by atoms with Gasteiger partial charge in [-0.05, 0) is 44.2 Å². The maximum atomic E-state index is 14.2. The zero-order valence-electron chi connectivity index (χ0n) is 15.5. The van der Waals surface area contributed by atoms with Crippen molar-refractivity contribution in [3.8, 4) is 11.4 Å². The highest BCUT2D eigenvalue weighted by Gasteiger charge is 2.13. The SMILES string of the molecule is Cc1ccc(F)c(-c2cc(Nc3ccnc4cnn(C[C@@H](C)O)c34)ccn2)n1. The quantitative estimate of drug-likeness (QED) is 0.553. The standard InChI is InChI=1S/C20H19FN6O/c1-12-3-4-15(21)19(25-12)17-9-14(5-7-22-17)26-16-6-8-23-18-10-24-27(20(16)18)11-13(2)28/h3-10,13,28H,11H2,1-2H3,(H,22,23,26)/t13-/m1/s1. The highest BCUT2D eigenvalue weighted by Crippen LogP contribution is 2.27. The van der Waals surface area contributed by atoms with Crippen LogP contribution in [0.3, 0.4) is 0 Å². The van der Waals surface area contributed by atoms with Crippen LogP contribution in [0.15, 0.2) is 48.9 Å². The zero-order valence-corrected chi connectivity index (χ0v) is 15.5. The van der Waals surface area contributed by atoms with E-state index >= 15 is 0 Å². The van der Waals surface area contributed by atoms with Crippen LogP contribution in [0, 0.1) is 12.7 Å². The van der Waals surface area contributed by atoms with Crippen molar-refractivity contribution >= 4 is 22.4 Å². The Hall–Kier alpha value is -3.39. The molecule has 0 aromatic carbocycles. The Labute approximate surface area is 160 Å². The first kappa shape index (κ1) is 18.0. The van der Waals surface area contributed by atoms with E-state index in [1.54, 1.807) is 48.4 Å². The highest BCUT2D eigenvalue weighted by atomic mass is 19.1. The van der Waals surface area contributed by atoms with Gasteiger partial charge in [-0.2, -0.15) is 5.10 Å². The minimum atomic E-state index is -0.543. The van der Waals surface area contributed by atoms with E-state index in [4.69, 9.17) is 0 Å². The summed E-state index contributed by atoms with van der Waals surface area (Å²) in [5.74, 6) is -0.420. The molecule has 0 bridgehead atoms. The topological polar surface area (TPSA) is 88.8 Å². The van der Waals surface area contributed by atoms with E-state index < -0.39 is 11.9 Å². The lowest BCUT2D eigenvalue weighted by Gasteiger charge is -2.12. The van der Waals surface area contributed by atoms with E-state index in [-0.39, 0.29) is 5.69 Å². The molecule has 0 spiro atoms. The number of nitrogens with one attached hydrogen (secondary N) is 1. The van der Waals surface area contributed by atoms with Gasteiger partial charge in [-0.3, -0.25) is 14.6 Å². The molecular formula is C20H19FN6O. The predicted octanol–water partition coefficient (Wildman–Crippen LogP) is 3.46. The molecule has 142 valence electrons. The lowest BCUT2D eigenvalue weighted by molar-refractivity contribution is 0.170. The number of anilines is 2. The van der Waals surface area contributed by atoms with E-state index in [1.807, 2.05) is 13.0 Å². The second-order valence-electron chi connectivity index (χ2n) is 6.61. The summed E-state index contributed by atoms with van der Waals surface area (Å²) in [4.78, 5) is 12.8. The first-order valence-electron chi connectivity index (χ1n) is 8.86. The van der Waals surface area contributed by atoms with Gasteiger partial charge >= 0.3 is 0 Å². The molecule has 0 radical (unpaired) electrons. The molecule has 4 aromatic rings. The molecule has 8 heteroatoms. The van der Waals surface area contributed by atoms with Crippen LogP contribution >= 0.6 is 0 Å². The summed E-state index contributed by atoms with van der Waals surface area (Å²) in [7, 11) is 0. The Balaban J connectivity index is 1.72. The molecule has 2 N–H and O–H groups in total. The van der Waals surface area contributed by atoms with Crippen molar-refractivity contribution in [2.45, 2.75) is 26.5 Å². The zero-order chi connectivity index (χ0) is 19.7. The number of fused-ring (bicyclic) bond motifs is 1. The van der Waals surface area contributed by atoms with Gasteiger partial charge in [0.2, 0.25) is 0 Å². The first-order chi connectivity index (χ1) is 13.5. The summed E-state index contributed by atoms with van der Waals surface area (Å²) in [5, 5.41) is 17.3. The van der Waals surface area contributed by atoms with Gasteiger partial charge in [0.15, 0.2) is 5.82 Å². The van der Waals surface area contributed by atoms with Crippen LogP contribution in [0.5, 0.6) is 0 Å². The number of hydrogen-bond acceptors (Lipinski definition) is 6. The third kappa shape index (κ3) is 3.54. The van der Waals surface area contributed by atoms with E-state index in [0.29, 0.717) is 17.8 Å². The summed E-state index contributed by atoms with van der Waals surface area (Å²) in [6.07, 6.45) is 4.40. The Morgan fingerprint density at radius 2 is 2.00 bits per heavy atom. The minimum Gasteiger partial charge on any atom is -0.391 e. The van der Waals surface area contributed by atoms with Crippen molar-refractivity contribution in [2.24, 2.45) is 0 Å². The largest absolute Gasteiger partial charge is 0.391 e. The van der Waals surface area contributed by atoms with Gasteiger partial charge < -0.3 is 10.4 Å². The molecule has 0 unspecified atom stereocenters.